The van der Waals surface area contributed by atoms with E-state index in [9.17, 15) is 4.79 Å². The number of imidazole rings is 1. The van der Waals surface area contributed by atoms with Gasteiger partial charge in [-0.3, -0.25) is 4.79 Å². The third kappa shape index (κ3) is 4.38. The maximum atomic E-state index is 12.2. The zero-order valence-electron chi connectivity index (χ0n) is 14.8. The number of pyridine rings is 1. The number of fused-ring (bicyclic) bond motifs is 1. The molecule has 0 aliphatic heterocycles. The maximum Gasteiger partial charge on any atom is 0.251 e. The van der Waals surface area contributed by atoms with Crippen LogP contribution in [0.1, 0.15) is 35.5 Å². The van der Waals surface area contributed by atoms with Crippen LogP contribution in [-0.2, 0) is 6.42 Å². The first-order valence-corrected chi connectivity index (χ1v) is 8.50. The third-order valence-corrected chi connectivity index (χ3v) is 3.80. The van der Waals surface area contributed by atoms with Crippen LogP contribution in [0.4, 0.5) is 0 Å². The minimum Gasteiger partial charge on any atom is -0.491 e. The van der Waals surface area contributed by atoms with E-state index in [1.54, 1.807) is 12.1 Å². The number of aryl methyl sites for hydroxylation is 1. The zero-order chi connectivity index (χ0) is 17.8. The number of benzene rings is 1. The molecule has 5 heteroatoms. The molecule has 0 unspecified atom stereocenters. The Labute approximate surface area is 147 Å². The fraction of sp³-hybridized carbons (Fsp3) is 0.300. The maximum absolute atomic E-state index is 12.2. The van der Waals surface area contributed by atoms with E-state index in [0.29, 0.717) is 18.5 Å². The predicted octanol–water partition coefficient (Wildman–Crippen LogP) is 3.40. The van der Waals surface area contributed by atoms with Gasteiger partial charge in [-0.2, -0.15) is 0 Å². The fourth-order valence-corrected chi connectivity index (χ4v) is 2.64. The summed E-state index contributed by atoms with van der Waals surface area (Å²) < 4.78 is 7.60. The summed E-state index contributed by atoms with van der Waals surface area (Å²) >= 11 is 0. The smallest absolute Gasteiger partial charge is 0.251 e. The second kappa shape index (κ2) is 7.38. The SMILES string of the molecule is Cc1ccc2nc(CCNC(=O)c3ccc(OC(C)C)cc3)cn2c1. The van der Waals surface area contributed by atoms with Gasteiger partial charge >= 0.3 is 0 Å². The van der Waals surface area contributed by atoms with Crippen molar-refractivity contribution in [3.05, 3.63) is 65.6 Å². The van der Waals surface area contributed by atoms with Gasteiger partial charge in [-0.05, 0) is 56.7 Å². The van der Waals surface area contributed by atoms with E-state index >= 15 is 0 Å². The fourth-order valence-electron chi connectivity index (χ4n) is 2.64. The van der Waals surface area contributed by atoms with Gasteiger partial charge in [-0.25, -0.2) is 4.98 Å². The minimum atomic E-state index is -0.0873. The first-order chi connectivity index (χ1) is 12.0. The number of carbonyl (C=O) groups excluding carboxylic acids is 1. The highest BCUT2D eigenvalue weighted by Gasteiger charge is 2.07. The van der Waals surface area contributed by atoms with Crippen LogP contribution in [0.15, 0.2) is 48.8 Å². The Morgan fingerprint density at radius 3 is 2.64 bits per heavy atom. The van der Waals surface area contributed by atoms with Crippen LogP contribution in [0.2, 0.25) is 0 Å². The molecule has 1 aromatic carbocycles. The molecule has 0 aliphatic rings. The monoisotopic (exact) mass is 337 g/mol. The first-order valence-electron chi connectivity index (χ1n) is 8.50. The number of ether oxygens (including phenoxy) is 1. The van der Waals surface area contributed by atoms with Crippen molar-refractivity contribution in [1.82, 2.24) is 14.7 Å². The zero-order valence-corrected chi connectivity index (χ0v) is 14.8. The topological polar surface area (TPSA) is 55.6 Å². The van der Waals surface area contributed by atoms with Crippen LogP contribution in [0, 0.1) is 6.92 Å². The Morgan fingerprint density at radius 2 is 1.92 bits per heavy atom. The second-order valence-corrected chi connectivity index (χ2v) is 6.40. The van der Waals surface area contributed by atoms with E-state index in [0.717, 1.165) is 17.1 Å². The molecule has 0 saturated carbocycles. The quantitative estimate of drug-likeness (QED) is 0.750. The largest absolute Gasteiger partial charge is 0.491 e. The van der Waals surface area contributed by atoms with Crippen molar-refractivity contribution in [2.24, 2.45) is 0 Å². The number of hydrogen-bond acceptors (Lipinski definition) is 3. The van der Waals surface area contributed by atoms with Gasteiger partial charge in [0.25, 0.3) is 5.91 Å². The molecule has 0 aliphatic carbocycles. The molecule has 0 fully saturated rings. The predicted molar refractivity (Wildman–Crippen MR) is 98.2 cm³/mol. The molecule has 2 heterocycles. The van der Waals surface area contributed by atoms with E-state index in [4.69, 9.17) is 4.74 Å². The first kappa shape index (κ1) is 17.0. The highest BCUT2D eigenvalue weighted by molar-refractivity contribution is 5.94. The van der Waals surface area contributed by atoms with Gasteiger partial charge in [0.2, 0.25) is 0 Å². The lowest BCUT2D eigenvalue weighted by atomic mass is 10.2. The average molecular weight is 337 g/mol. The molecule has 1 N–H and O–H groups in total. The number of hydrogen-bond donors (Lipinski definition) is 1. The Kier molecular flexibility index (Phi) is 5.03. The summed E-state index contributed by atoms with van der Waals surface area (Å²) in [6, 6.07) is 11.2. The lowest BCUT2D eigenvalue weighted by Crippen LogP contribution is -2.25. The molecule has 0 radical (unpaired) electrons. The van der Waals surface area contributed by atoms with Crippen LogP contribution in [0.25, 0.3) is 5.65 Å². The van der Waals surface area contributed by atoms with Crippen molar-refractivity contribution in [3.63, 3.8) is 0 Å². The third-order valence-electron chi connectivity index (χ3n) is 3.80. The van der Waals surface area contributed by atoms with Crippen molar-refractivity contribution < 1.29 is 9.53 Å². The molecule has 3 aromatic rings. The molecule has 0 saturated heterocycles. The molecule has 0 bridgehead atoms. The van der Waals surface area contributed by atoms with E-state index < -0.39 is 0 Å². The van der Waals surface area contributed by atoms with E-state index in [1.165, 1.54) is 5.56 Å². The summed E-state index contributed by atoms with van der Waals surface area (Å²) in [4.78, 5) is 16.8. The summed E-state index contributed by atoms with van der Waals surface area (Å²) in [6.45, 7) is 6.55. The molecule has 0 atom stereocenters. The number of carbonyl (C=O) groups is 1. The molecule has 25 heavy (non-hydrogen) atoms. The standard InChI is InChI=1S/C20H23N3O2/c1-14(2)25-18-7-5-16(6-8-18)20(24)21-11-10-17-13-23-12-15(3)4-9-19(23)22-17/h4-9,12-14H,10-11H2,1-3H3,(H,21,24). The number of aromatic nitrogens is 2. The van der Waals surface area contributed by atoms with Gasteiger partial charge in [-0.1, -0.05) is 6.07 Å². The summed E-state index contributed by atoms with van der Waals surface area (Å²) in [5, 5.41) is 2.93. The summed E-state index contributed by atoms with van der Waals surface area (Å²) in [7, 11) is 0. The Balaban J connectivity index is 1.54. The van der Waals surface area contributed by atoms with Gasteiger partial charge < -0.3 is 14.5 Å². The Bertz CT molecular complexity index is 866. The number of nitrogens with zero attached hydrogens (tertiary/aromatic N) is 2. The lowest BCUT2D eigenvalue weighted by molar-refractivity contribution is 0.0954. The van der Waals surface area contributed by atoms with Gasteiger partial charge in [0, 0.05) is 30.9 Å². The van der Waals surface area contributed by atoms with Crippen LogP contribution in [-0.4, -0.2) is 27.9 Å². The van der Waals surface area contributed by atoms with Gasteiger partial charge in [-0.15, -0.1) is 0 Å². The molecule has 2 aromatic heterocycles. The summed E-state index contributed by atoms with van der Waals surface area (Å²) in [5.41, 5.74) is 3.70. The van der Waals surface area contributed by atoms with Crippen molar-refractivity contribution in [3.8, 4) is 5.75 Å². The summed E-state index contributed by atoms with van der Waals surface area (Å²) in [5.74, 6) is 0.683. The van der Waals surface area contributed by atoms with Gasteiger partial charge in [0.1, 0.15) is 11.4 Å². The van der Waals surface area contributed by atoms with Gasteiger partial charge in [0.15, 0.2) is 0 Å². The highest BCUT2D eigenvalue weighted by atomic mass is 16.5. The highest BCUT2D eigenvalue weighted by Crippen LogP contribution is 2.14. The average Bonchev–Trinajstić information content (AvgIpc) is 2.96. The van der Waals surface area contributed by atoms with Crippen LogP contribution in [0.3, 0.4) is 0 Å². The second-order valence-electron chi connectivity index (χ2n) is 6.40. The lowest BCUT2D eigenvalue weighted by Gasteiger charge is -2.10. The molecule has 3 rings (SSSR count). The molecule has 130 valence electrons. The molecule has 0 spiro atoms. The number of amides is 1. The molecule has 1 amide bonds. The molecular weight excluding hydrogens is 314 g/mol. The van der Waals surface area contributed by atoms with Crippen molar-refractivity contribution >= 4 is 11.6 Å². The van der Waals surface area contributed by atoms with Crippen LogP contribution in [0.5, 0.6) is 5.75 Å². The van der Waals surface area contributed by atoms with Crippen LogP contribution >= 0.6 is 0 Å². The van der Waals surface area contributed by atoms with E-state index in [2.05, 4.69) is 17.2 Å². The normalized spacial score (nSPS) is 11.0. The number of nitrogens with one attached hydrogen (secondary N) is 1. The van der Waals surface area contributed by atoms with E-state index in [1.807, 2.05) is 54.9 Å². The minimum absolute atomic E-state index is 0.0873. The summed E-state index contributed by atoms with van der Waals surface area (Å²) in [6.07, 6.45) is 4.87. The van der Waals surface area contributed by atoms with Crippen molar-refractivity contribution in [1.29, 1.82) is 0 Å². The van der Waals surface area contributed by atoms with E-state index in [-0.39, 0.29) is 12.0 Å². The van der Waals surface area contributed by atoms with Gasteiger partial charge in [0.05, 0.1) is 11.8 Å². The van der Waals surface area contributed by atoms with Crippen molar-refractivity contribution in [2.45, 2.75) is 33.3 Å². The Morgan fingerprint density at radius 1 is 1.16 bits per heavy atom. The van der Waals surface area contributed by atoms with Crippen molar-refractivity contribution in [2.75, 3.05) is 6.54 Å². The molecule has 5 nitrogen and oxygen atoms in total. The number of rotatable bonds is 6. The Hall–Kier alpha value is -2.82. The van der Waals surface area contributed by atoms with Crippen LogP contribution < -0.4 is 10.1 Å². The molecular formula is C20H23N3O2.